The van der Waals surface area contributed by atoms with E-state index >= 15 is 0 Å². The van der Waals surface area contributed by atoms with Gasteiger partial charge in [-0.15, -0.1) is 0 Å². The Morgan fingerprint density at radius 2 is 2.00 bits per heavy atom. The average molecular weight is 373 g/mol. The summed E-state index contributed by atoms with van der Waals surface area (Å²) in [5.41, 5.74) is 0.830. The second kappa shape index (κ2) is 8.52. The molecule has 1 aliphatic rings. The molecule has 144 valence electrons. The van der Waals surface area contributed by atoms with Crippen molar-refractivity contribution in [2.45, 2.75) is 26.4 Å². The second-order valence-electron chi connectivity index (χ2n) is 6.33. The fourth-order valence-corrected chi connectivity index (χ4v) is 2.95. The van der Waals surface area contributed by atoms with Crippen molar-refractivity contribution in [1.82, 2.24) is 24.6 Å². The fourth-order valence-electron chi connectivity index (χ4n) is 2.95. The van der Waals surface area contributed by atoms with E-state index in [1.807, 2.05) is 30.3 Å². The Balaban J connectivity index is 1.51. The molecule has 1 saturated heterocycles. The van der Waals surface area contributed by atoms with Crippen LogP contribution in [0.25, 0.3) is 0 Å². The van der Waals surface area contributed by atoms with Crippen molar-refractivity contribution in [2.24, 2.45) is 0 Å². The first-order valence-electron chi connectivity index (χ1n) is 8.91. The standard InChI is InChI=1S/C18H23N5O4/c1-14-20-23(13-16(24)19-8-10-21-11-12-27-18(21)26)17(25)22(14)9-7-15-5-3-2-4-6-15/h2-6H,7-13H2,1H3,(H,19,24). The van der Waals surface area contributed by atoms with Crippen LogP contribution in [0.4, 0.5) is 4.79 Å². The van der Waals surface area contributed by atoms with Crippen LogP contribution >= 0.6 is 0 Å². The maximum absolute atomic E-state index is 12.5. The summed E-state index contributed by atoms with van der Waals surface area (Å²) in [6.07, 6.45) is 0.346. The molecule has 9 heteroatoms. The molecule has 0 bridgehead atoms. The smallest absolute Gasteiger partial charge is 0.409 e. The van der Waals surface area contributed by atoms with E-state index < -0.39 is 0 Å². The summed E-state index contributed by atoms with van der Waals surface area (Å²) < 4.78 is 7.56. The van der Waals surface area contributed by atoms with Gasteiger partial charge in [0.05, 0.1) is 6.54 Å². The first kappa shape index (κ1) is 18.7. The molecule has 1 N–H and O–H groups in total. The maximum Gasteiger partial charge on any atom is 0.409 e. The highest BCUT2D eigenvalue weighted by Gasteiger charge is 2.21. The van der Waals surface area contributed by atoms with Crippen molar-refractivity contribution in [1.29, 1.82) is 0 Å². The van der Waals surface area contributed by atoms with E-state index in [4.69, 9.17) is 4.74 Å². The van der Waals surface area contributed by atoms with E-state index in [1.165, 1.54) is 9.58 Å². The summed E-state index contributed by atoms with van der Waals surface area (Å²) in [6, 6.07) is 9.88. The van der Waals surface area contributed by atoms with Crippen molar-refractivity contribution < 1.29 is 14.3 Å². The molecular weight excluding hydrogens is 350 g/mol. The van der Waals surface area contributed by atoms with Crippen molar-refractivity contribution >= 4 is 12.0 Å². The molecule has 0 aliphatic carbocycles. The zero-order valence-corrected chi connectivity index (χ0v) is 15.3. The van der Waals surface area contributed by atoms with Crippen molar-refractivity contribution in [3.8, 4) is 0 Å². The van der Waals surface area contributed by atoms with Crippen LogP contribution in [0.1, 0.15) is 11.4 Å². The van der Waals surface area contributed by atoms with E-state index in [9.17, 15) is 14.4 Å². The highest BCUT2D eigenvalue weighted by Crippen LogP contribution is 2.02. The molecule has 9 nitrogen and oxygen atoms in total. The number of aryl methyl sites for hydroxylation is 2. The number of cyclic esters (lactones) is 1. The van der Waals surface area contributed by atoms with Gasteiger partial charge in [-0.1, -0.05) is 30.3 Å². The Morgan fingerprint density at radius 1 is 1.22 bits per heavy atom. The molecule has 2 aromatic rings. The number of carbonyl (C=O) groups excluding carboxylic acids is 2. The van der Waals surface area contributed by atoms with E-state index in [0.717, 1.165) is 5.56 Å². The van der Waals surface area contributed by atoms with Crippen LogP contribution in [0, 0.1) is 6.92 Å². The van der Waals surface area contributed by atoms with E-state index in [1.54, 1.807) is 11.5 Å². The predicted molar refractivity (Wildman–Crippen MR) is 97.3 cm³/mol. The first-order valence-corrected chi connectivity index (χ1v) is 8.91. The molecule has 0 saturated carbocycles. The summed E-state index contributed by atoms with van der Waals surface area (Å²) in [5, 5.41) is 6.88. The normalized spacial score (nSPS) is 13.7. The van der Waals surface area contributed by atoms with Gasteiger partial charge in [-0.05, 0) is 18.9 Å². The Labute approximate surface area is 156 Å². The minimum Gasteiger partial charge on any atom is -0.448 e. The maximum atomic E-state index is 12.5. The van der Waals surface area contributed by atoms with Crippen LogP contribution in [-0.4, -0.2) is 57.5 Å². The molecule has 1 aliphatic heterocycles. The molecule has 3 rings (SSSR count). The van der Waals surface area contributed by atoms with E-state index in [0.29, 0.717) is 45.0 Å². The Kier molecular flexibility index (Phi) is 5.90. The number of benzene rings is 1. The van der Waals surface area contributed by atoms with Gasteiger partial charge in [0, 0.05) is 19.6 Å². The number of carbonyl (C=O) groups is 2. The molecule has 1 aromatic heterocycles. The number of ether oxygens (including phenoxy) is 1. The third kappa shape index (κ3) is 4.75. The van der Waals surface area contributed by atoms with Gasteiger partial charge in [-0.3, -0.25) is 9.36 Å². The Bertz CT molecular complexity index is 858. The van der Waals surface area contributed by atoms with Gasteiger partial charge in [0.2, 0.25) is 5.91 Å². The molecule has 1 fully saturated rings. The van der Waals surface area contributed by atoms with Crippen molar-refractivity contribution in [2.75, 3.05) is 26.2 Å². The lowest BCUT2D eigenvalue weighted by molar-refractivity contribution is -0.121. The first-order chi connectivity index (χ1) is 13.0. The molecule has 27 heavy (non-hydrogen) atoms. The third-order valence-electron chi connectivity index (χ3n) is 4.42. The molecule has 0 spiro atoms. The van der Waals surface area contributed by atoms with Crippen LogP contribution in [-0.2, 0) is 29.0 Å². The number of nitrogens with zero attached hydrogens (tertiary/aromatic N) is 4. The number of rotatable bonds is 8. The van der Waals surface area contributed by atoms with Crippen molar-refractivity contribution in [3.05, 3.63) is 52.2 Å². The van der Waals surface area contributed by atoms with Gasteiger partial charge in [-0.25, -0.2) is 14.3 Å². The monoisotopic (exact) mass is 373 g/mol. The zero-order valence-electron chi connectivity index (χ0n) is 15.3. The summed E-state index contributed by atoms with van der Waals surface area (Å²) >= 11 is 0. The average Bonchev–Trinajstić information content (AvgIpc) is 3.17. The van der Waals surface area contributed by atoms with Crippen LogP contribution in [0.15, 0.2) is 35.1 Å². The predicted octanol–water partition coefficient (Wildman–Crippen LogP) is 0.164. The van der Waals surface area contributed by atoms with Crippen molar-refractivity contribution in [3.63, 3.8) is 0 Å². The van der Waals surface area contributed by atoms with Crippen LogP contribution in [0.5, 0.6) is 0 Å². The number of hydrogen-bond donors (Lipinski definition) is 1. The minimum atomic E-state index is -0.367. The summed E-state index contributed by atoms with van der Waals surface area (Å²) in [5.74, 6) is 0.251. The number of aromatic nitrogens is 3. The Hall–Kier alpha value is -3.10. The molecular formula is C18H23N5O4. The summed E-state index contributed by atoms with van der Waals surface area (Å²) in [4.78, 5) is 37.4. The SMILES string of the molecule is Cc1nn(CC(=O)NCCN2CCOC2=O)c(=O)n1CCc1ccccc1. The summed E-state index contributed by atoms with van der Waals surface area (Å²) in [7, 11) is 0. The number of amides is 2. The van der Waals surface area contributed by atoms with Gasteiger partial charge in [-0.2, -0.15) is 5.10 Å². The van der Waals surface area contributed by atoms with Gasteiger partial charge in [0.15, 0.2) is 0 Å². The molecule has 2 amide bonds. The second-order valence-corrected chi connectivity index (χ2v) is 6.33. The van der Waals surface area contributed by atoms with Gasteiger partial charge in [0.25, 0.3) is 0 Å². The zero-order chi connectivity index (χ0) is 19.2. The number of nitrogens with one attached hydrogen (secondary N) is 1. The third-order valence-corrected chi connectivity index (χ3v) is 4.42. The molecule has 0 radical (unpaired) electrons. The van der Waals surface area contributed by atoms with Gasteiger partial charge in [0.1, 0.15) is 19.0 Å². The van der Waals surface area contributed by atoms with Crippen LogP contribution < -0.4 is 11.0 Å². The van der Waals surface area contributed by atoms with Gasteiger partial charge < -0.3 is 15.0 Å². The lowest BCUT2D eigenvalue weighted by Gasteiger charge is -2.12. The highest BCUT2D eigenvalue weighted by molar-refractivity contribution is 5.75. The van der Waals surface area contributed by atoms with E-state index in [2.05, 4.69) is 10.4 Å². The molecule has 1 aromatic carbocycles. The minimum absolute atomic E-state index is 0.150. The van der Waals surface area contributed by atoms with Gasteiger partial charge >= 0.3 is 11.8 Å². The molecule has 0 unspecified atom stereocenters. The Morgan fingerprint density at radius 3 is 2.70 bits per heavy atom. The highest BCUT2D eigenvalue weighted by atomic mass is 16.6. The molecule has 2 heterocycles. The number of hydrogen-bond acceptors (Lipinski definition) is 5. The van der Waals surface area contributed by atoms with Crippen LogP contribution in [0.2, 0.25) is 0 Å². The lowest BCUT2D eigenvalue weighted by atomic mass is 10.1. The lowest BCUT2D eigenvalue weighted by Crippen LogP contribution is -2.38. The topological polar surface area (TPSA) is 98.5 Å². The fraction of sp³-hybridized carbons (Fsp3) is 0.444. The van der Waals surface area contributed by atoms with Crippen LogP contribution in [0.3, 0.4) is 0 Å². The molecule has 0 atom stereocenters. The quantitative estimate of drug-likeness (QED) is 0.711. The largest absolute Gasteiger partial charge is 0.448 e. The summed E-state index contributed by atoms with van der Waals surface area (Å²) in [6.45, 7) is 3.69. The van der Waals surface area contributed by atoms with E-state index in [-0.39, 0.29) is 24.2 Å².